The highest BCUT2D eigenvalue weighted by molar-refractivity contribution is 7.20. The average Bonchev–Trinajstić information content (AvgIpc) is 3.02. The second-order valence-corrected chi connectivity index (χ2v) is 7.64. The molecule has 25 heavy (non-hydrogen) atoms. The van der Waals surface area contributed by atoms with E-state index in [0.29, 0.717) is 17.1 Å². The van der Waals surface area contributed by atoms with E-state index in [1.165, 1.54) is 11.3 Å². The molecule has 0 atom stereocenters. The maximum absolute atomic E-state index is 12.4. The predicted molar refractivity (Wildman–Crippen MR) is 102 cm³/mol. The van der Waals surface area contributed by atoms with Gasteiger partial charge in [0.15, 0.2) is 0 Å². The molecule has 132 valence electrons. The molecule has 0 bridgehead atoms. The van der Waals surface area contributed by atoms with Crippen LogP contribution in [0, 0.1) is 5.92 Å². The van der Waals surface area contributed by atoms with Gasteiger partial charge in [-0.2, -0.15) is 0 Å². The van der Waals surface area contributed by atoms with Gasteiger partial charge in [-0.15, -0.1) is 11.3 Å². The molecule has 3 rings (SSSR count). The van der Waals surface area contributed by atoms with Crippen LogP contribution in [0.2, 0.25) is 0 Å². The van der Waals surface area contributed by atoms with Crippen LogP contribution >= 0.6 is 11.3 Å². The van der Waals surface area contributed by atoms with E-state index in [0.717, 1.165) is 42.3 Å². The Bertz CT molecular complexity index is 749. The number of nitrogens with zero attached hydrogens (tertiary/aromatic N) is 1. The third kappa shape index (κ3) is 4.46. The van der Waals surface area contributed by atoms with E-state index < -0.39 is 5.91 Å². The van der Waals surface area contributed by atoms with Gasteiger partial charge in [-0.25, -0.2) is 0 Å². The Hall–Kier alpha value is -2.18. The van der Waals surface area contributed by atoms with E-state index in [9.17, 15) is 9.59 Å². The van der Waals surface area contributed by atoms with Crippen LogP contribution in [0.25, 0.3) is 10.4 Å². The number of thiophene rings is 1. The molecule has 1 saturated heterocycles. The van der Waals surface area contributed by atoms with Gasteiger partial charge in [-0.1, -0.05) is 37.3 Å². The van der Waals surface area contributed by atoms with Crippen molar-refractivity contribution in [2.24, 2.45) is 11.7 Å². The summed E-state index contributed by atoms with van der Waals surface area (Å²) < 4.78 is 0. The molecule has 0 aliphatic carbocycles. The molecule has 2 aromatic rings. The highest BCUT2D eigenvalue weighted by Crippen LogP contribution is 2.35. The minimum Gasteiger partial charge on any atom is -0.366 e. The molecule has 1 fully saturated rings. The lowest BCUT2D eigenvalue weighted by atomic mass is 9.99. The molecule has 6 heteroatoms. The number of carbonyl (C=O) groups excluding carboxylic acids is 2. The van der Waals surface area contributed by atoms with E-state index in [-0.39, 0.29) is 5.91 Å². The molecule has 3 N–H and O–H groups in total. The fourth-order valence-electron chi connectivity index (χ4n) is 3.00. The van der Waals surface area contributed by atoms with Crippen LogP contribution in [0.4, 0.5) is 5.00 Å². The summed E-state index contributed by atoms with van der Waals surface area (Å²) in [4.78, 5) is 27.2. The summed E-state index contributed by atoms with van der Waals surface area (Å²) in [5, 5.41) is 3.41. The molecule has 0 saturated carbocycles. The number of anilines is 1. The zero-order valence-corrected chi connectivity index (χ0v) is 15.1. The molecule has 0 spiro atoms. The number of piperidine rings is 1. The fraction of sp³-hybridized carbons (Fsp3) is 0.368. The predicted octanol–water partition coefficient (Wildman–Crippen LogP) is 3.18. The number of benzene rings is 1. The average molecular weight is 357 g/mol. The van der Waals surface area contributed by atoms with Gasteiger partial charge in [0.25, 0.3) is 5.91 Å². The second kappa shape index (κ2) is 7.80. The first-order valence-corrected chi connectivity index (χ1v) is 9.36. The highest BCUT2D eigenvalue weighted by atomic mass is 32.1. The van der Waals surface area contributed by atoms with Crippen LogP contribution in [0.15, 0.2) is 36.4 Å². The van der Waals surface area contributed by atoms with Gasteiger partial charge < -0.3 is 11.1 Å². The molecule has 0 unspecified atom stereocenters. The number of likely N-dealkylation sites (tertiary alicyclic amines) is 1. The number of nitrogens with one attached hydrogen (secondary N) is 1. The summed E-state index contributed by atoms with van der Waals surface area (Å²) in [7, 11) is 0. The van der Waals surface area contributed by atoms with Crippen molar-refractivity contribution in [3.8, 4) is 10.4 Å². The van der Waals surface area contributed by atoms with Crippen molar-refractivity contribution >= 4 is 28.2 Å². The van der Waals surface area contributed by atoms with Gasteiger partial charge in [-0.3, -0.25) is 14.5 Å². The van der Waals surface area contributed by atoms with Crippen LogP contribution in [0.5, 0.6) is 0 Å². The summed E-state index contributed by atoms with van der Waals surface area (Å²) in [6.07, 6.45) is 2.24. The summed E-state index contributed by atoms with van der Waals surface area (Å²) in [6.45, 7) is 4.48. The molecule has 5 nitrogen and oxygen atoms in total. The zero-order valence-electron chi connectivity index (χ0n) is 14.3. The van der Waals surface area contributed by atoms with Crippen molar-refractivity contribution in [2.75, 3.05) is 25.0 Å². The third-order valence-corrected chi connectivity index (χ3v) is 5.65. The van der Waals surface area contributed by atoms with Crippen LogP contribution in [0.1, 0.15) is 30.1 Å². The normalized spacial score (nSPS) is 15.9. The molecule has 1 aliphatic heterocycles. The summed E-state index contributed by atoms with van der Waals surface area (Å²) >= 11 is 1.38. The molecular weight excluding hydrogens is 334 g/mol. The first-order valence-electron chi connectivity index (χ1n) is 8.54. The SMILES string of the molecule is CC1CCN(CC(=O)Nc2sc(-c3ccccc3)cc2C(N)=O)CC1. The van der Waals surface area contributed by atoms with Gasteiger partial charge in [0.05, 0.1) is 12.1 Å². The largest absolute Gasteiger partial charge is 0.366 e. The minimum absolute atomic E-state index is 0.0986. The van der Waals surface area contributed by atoms with Crippen LogP contribution in [-0.4, -0.2) is 36.3 Å². The summed E-state index contributed by atoms with van der Waals surface area (Å²) in [5.74, 6) is 0.102. The summed E-state index contributed by atoms with van der Waals surface area (Å²) in [6, 6.07) is 11.5. The van der Waals surface area contributed by atoms with E-state index in [4.69, 9.17) is 5.73 Å². The van der Waals surface area contributed by atoms with Crippen LogP contribution in [0.3, 0.4) is 0 Å². The van der Waals surface area contributed by atoms with Crippen molar-refractivity contribution in [1.82, 2.24) is 4.90 Å². The monoisotopic (exact) mass is 357 g/mol. The van der Waals surface area contributed by atoms with E-state index in [2.05, 4.69) is 17.1 Å². The number of carbonyl (C=O) groups is 2. The molecule has 0 radical (unpaired) electrons. The number of rotatable bonds is 5. The molecule has 1 aromatic carbocycles. The van der Waals surface area contributed by atoms with Crippen molar-refractivity contribution in [3.63, 3.8) is 0 Å². The van der Waals surface area contributed by atoms with Crippen molar-refractivity contribution < 1.29 is 9.59 Å². The third-order valence-electron chi connectivity index (χ3n) is 4.55. The Balaban J connectivity index is 1.71. The van der Waals surface area contributed by atoms with Crippen molar-refractivity contribution in [2.45, 2.75) is 19.8 Å². The molecule has 1 aliphatic rings. The van der Waals surface area contributed by atoms with Gasteiger partial charge in [0.2, 0.25) is 5.91 Å². The standard InChI is InChI=1S/C19H23N3O2S/c1-13-7-9-22(10-8-13)12-17(23)21-19-15(18(20)24)11-16(25-19)14-5-3-2-4-6-14/h2-6,11,13H,7-10,12H2,1H3,(H2,20,24)(H,21,23). The second-order valence-electron chi connectivity index (χ2n) is 6.59. The quantitative estimate of drug-likeness (QED) is 0.863. The lowest BCUT2D eigenvalue weighted by Crippen LogP contribution is -2.38. The number of hydrogen-bond acceptors (Lipinski definition) is 4. The fourth-order valence-corrected chi connectivity index (χ4v) is 4.09. The van der Waals surface area contributed by atoms with Crippen molar-refractivity contribution in [3.05, 3.63) is 42.0 Å². The molecule has 2 heterocycles. The number of hydrogen-bond donors (Lipinski definition) is 2. The lowest BCUT2D eigenvalue weighted by Gasteiger charge is -2.29. The van der Waals surface area contributed by atoms with Gasteiger partial charge in [0, 0.05) is 4.88 Å². The number of nitrogens with two attached hydrogens (primary N) is 1. The Morgan fingerprint density at radius 2 is 1.92 bits per heavy atom. The Labute approximate surface area is 151 Å². The Morgan fingerprint density at radius 1 is 1.24 bits per heavy atom. The first-order chi connectivity index (χ1) is 12.0. The number of amides is 2. The molecule has 1 aromatic heterocycles. The van der Waals surface area contributed by atoms with Crippen molar-refractivity contribution in [1.29, 1.82) is 0 Å². The van der Waals surface area contributed by atoms with Gasteiger partial charge in [0.1, 0.15) is 5.00 Å². The first kappa shape index (κ1) is 17.6. The minimum atomic E-state index is -0.527. The zero-order chi connectivity index (χ0) is 17.8. The Morgan fingerprint density at radius 3 is 2.56 bits per heavy atom. The molecular formula is C19H23N3O2S. The van der Waals surface area contributed by atoms with Crippen LogP contribution in [-0.2, 0) is 4.79 Å². The Kier molecular flexibility index (Phi) is 5.50. The van der Waals surface area contributed by atoms with Crippen LogP contribution < -0.4 is 11.1 Å². The maximum atomic E-state index is 12.4. The number of primary amides is 1. The smallest absolute Gasteiger partial charge is 0.251 e. The lowest BCUT2D eigenvalue weighted by molar-refractivity contribution is -0.117. The van der Waals surface area contributed by atoms with Gasteiger partial charge >= 0.3 is 0 Å². The molecule has 2 amide bonds. The van der Waals surface area contributed by atoms with E-state index in [1.54, 1.807) is 6.07 Å². The van der Waals surface area contributed by atoms with Gasteiger partial charge in [-0.05, 0) is 43.5 Å². The summed E-state index contributed by atoms with van der Waals surface area (Å²) in [5.41, 5.74) is 6.85. The maximum Gasteiger partial charge on any atom is 0.251 e. The van der Waals surface area contributed by atoms with E-state index >= 15 is 0 Å². The highest BCUT2D eigenvalue weighted by Gasteiger charge is 2.20. The van der Waals surface area contributed by atoms with E-state index in [1.807, 2.05) is 30.3 Å². The topological polar surface area (TPSA) is 75.4 Å².